The van der Waals surface area contributed by atoms with Crippen LogP contribution in [-0.2, 0) is 4.74 Å². The summed E-state index contributed by atoms with van der Waals surface area (Å²) in [5.41, 5.74) is 3.25. The van der Waals surface area contributed by atoms with E-state index in [0.717, 1.165) is 46.7 Å². The van der Waals surface area contributed by atoms with Crippen LogP contribution in [0, 0.1) is 20.8 Å². The topological polar surface area (TPSA) is 92.3 Å². The normalized spacial score (nSPS) is 13.9. The third-order valence-corrected chi connectivity index (χ3v) is 5.73. The van der Waals surface area contributed by atoms with Gasteiger partial charge in [0, 0.05) is 36.2 Å². The Morgan fingerprint density at radius 2 is 1.73 bits per heavy atom. The number of thiazole rings is 1. The third-order valence-electron chi connectivity index (χ3n) is 4.66. The van der Waals surface area contributed by atoms with Gasteiger partial charge in [0.25, 0.3) is 5.91 Å². The summed E-state index contributed by atoms with van der Waals surface area (Å²) in [6.45, 7) is 8.65. The van der Waals surface area contributed by atoms with Crippen LogP contribution in [0.1, 0.15) is 26.1 Å². The minimum absolute atomic E-state index is 0.139. The summed E-state index contributed by atoms with van der Waals surface area (Å²) >= 11 is 1.40. The van der Waals surface area contributed by atoms with Gasteiger partial charge in [0.15, 0.2) is 0 Å². The molecule has 0 spiro atoms. The van der Waals surface area contributed by atoms with Gasteiger partial charge < -0.3 is 20.3 Å². The molecule has 0 atom stereocenters. The Labute approximate surface area is 179 Å². The van der Waals surface area contributed by atoms with Gasteiger partial charge in [0.05, 0.1) is 23.9 Å². The van der Waals surface area contributed by atoms with E-state index < -0.39 is 0 Å². The van der Waals surface area contributed by atoms with E-state index in [1.807, 2.05) is 51.1 Å². The van der Waals surface area contributed by atoms with Crippen LogP contribution in [0.15, 0.2) is 30.3 Å². The number of nitrogens with one attached hydrogen (secondary N) is 2. The average molecular weight is 425 g/mol. The van der Waals surface area contributed by atoms with Crippen molar-refractivity contribution in [3.63, 3.8) is 0 Å². The molecule has 0 radical (unpaired) electrons. The first-order valence-electron chi connectivity index (χ1n) is 9.79. The molecule has 2 aromatic heterocycles. The number of aromatic nitrogens is 3. The molecular formula is C21H24N6O2S. The fourth-order valence-electron chi connectivity index (χ4n) is 3.24. The van der Waals surface area contributed by atoms with Crippen LogP contribution in [0.3, 0.4) is 0 Å². The highest BCUT2D eigenvalue weighted by Gasteiger charge is 2.16. The number of ether oxygens (including phenoxy) is 1. The summed E-state index contributed by atoms with van der Waals surface area (Å²) in [6.07, 6.45) is 0. The van der Waals surface area contributed by atoms with Crippen LogP contribution in [0.2, 0.25) is 0 Å². The molecule has 0 saturated carbocycles. The Bertz CT molecular complexity index is 1040. The Morgan fingerprint density at radius 3 is 2.40 bits per heavy atom. The lowest BCUT2D eigenvalue weighted by molar-refractivity contribution is 0.103. The predicted molar refractivity (Wildman–Crippen MR) is 119 cm³/mol. The van der Waals surface area contributed by atoms with E-state index in [-0.39, 0.29) is 5.91 Å². The zero-order valence-corrected chi connectivity index (χ0v) is 18.0. The summed E-state index contributed by atoms with van der Waals surface area (Å²) in [6, 6.07) is 9.45. The zero-order chi connectivity index (χ0) is 21.1. The van der Waals surface area contributed by atoms with Crippen LogP contribution < -0.4 is 15.5 Å². The molecule has 9 heteroatoms. The van der Waals surface area contributed by atoms with E-state index >= 15 is 0 Å². The molecule has 1 aliphatic heterocycles. The molecule has 156 valence electrons. The first kappa shape index (κ1) is 20.2. The lowest BCUT2D eigenvalue weighted by atomic mass is 10.2. The van der Waals surface area contributed by atoms with Crippen molar-refractivity contribution in [3.8, 4) is 0 Å². The van der Waals surface area contributed by atoms with Gasteiger partial charge in [-0.05, 0) is 45.0 Å². The molecule has 3 aromatic rings. The van der Waals surface area contributed by atoms with Gasteiger partial charge in [-0.3, -0.25) is 4.79 Å². The Balaban J connectivity index is 1.44. The fraction of sp³-hybridized carbons (Fsp3) is 0.333. The van der Waals surface area contributed by atoms with E-state index in [1.54, 1.807) is 0 Å². The second-order valence-electron chi connectivity index (χ2n) is 7.10. The van der Waals surface area contributed by atoms with Crippen molar-refractivity contribution in [2.75, 3.05) is 41.8 Å². The molecule has 0 unspecified atom stereocenters. The summed E-state index contributed by atoms with van der Waals surface area (Å²) in [4.78, 5) is 28.7. The molecule has 1 saturated heterocycles. The predicted octanol–water partition coefficient (Wildman–Crippen LogP) is 3.69. The van der Waals surface area contributed by atoms with Crippen LogP contribution in [0.5, 0.6) is 0 Å². The molecule has 8 nitrogen and oxygen atoms in total. The number of hydrogen-bond donors (Lipinski definition) is 2. The average Bonchev–Trinajstić information content (AvgIpc) is 3.08. The Kier molecular flexibility index (Phi) is 5.91. The number of rotatable bonds is 5. The number of benzene rings is 1. The number of aryl methyl sites for hydroxylation is 3. The lowest BCUT2D eigenvalue weighted by Gasteiger charge is -2.27. The molecule has 3 heterocycles. The number of hydrogen-bond acceptors (Lipinski definition) is 8. The maximum atomic E-state index is 12.5. The van der Waals surface area contributed by atoms with Gasteiger partial charge in [-0.15, -0.1) is 11.3 Å². The second-order valence-corrected chi connectivity index (χ2v) is 8.30. The highest BCUT2D eigenvalue weighted by Crippen LogP contribution is 2.22. The largest absolute Gasteiger partial charge is 0.378 e. The minimum atomic E-state index is -0.139. The fourth-order valence-corrected chi connectivity index (χ4v) is 4.05. The number of carbonyl (C=O) groups excluding carboxylic acids is 1. The van der Waals surface area contributed by atoms with E-state index in [2.05, 4.69) is 30.5 Å². The zero-order valence-electron chi connectivity index (χ0n) is 17.2. The summed E-state index contributed by atoms with van der Waals surface area (Å²) < 4.78 is 5.41. The monoisotopic (exact) mass is 424 g/mol. The van der Waals surface area contributed by atoms with Crippen LogP contribution in [-0.4, -0.2) is 47.2 Å². The van der Waals surface area contributed by atoms with Crippen molar-refractivity contribution in [1.29, 1.82) is 0 Å². The molecule has 30 heavy (non-hydrogen) atoms. The molecule has 1 aromatic carbocycles. The third kappa shape index (κ3) is 4.74. The van der Waals surface area contributed by atoms with Crippen LogP contribution in [0.25, 0.3) is 0 Å². The number of nitrogens with zero attached hydrogens (tertiary/aromatic N) is 4. The standard InChI is InChI=1S/C21H24N6O2S/c1-13-12-18(26-21(22-13)27-8-10-29-11-9-27)24-16-4-6-17(7-5-16)25-20(28)19-14(2)23-15(3)30-19/h4-7,12H,8-11H2,1-3H3,(H,25,28)(H,22,24,26). The highest BCUT2D eigenvalue weighted by atomic mass is 32.1. The molecule has 1 fully saturated rings. The number of morpholine rings is 1. The van der Waals surface area contributed by atoms with E-state index in [1.165, 1.54) is 11.3 Å². The number of anilines is 4. The second kappa shape index (κ2) is 8.76. The molecule has 0 aliphatic carbocycles. The molecule has 0 bridgehead atoms. The maximum absolute atomic E-state index is 12.5. The van der Waals surface area contributed by atoms with Gasteiger partial charge in [-0.1, -0.05) is 0 Å². The number of carbonyl (C=O) groups is 1. The molecule has 1 amide bonds. The van der Waals surface area contributed by atoms with Gasteiger partial charge in [-0.25, -0.2) is 9.97 Å². The lowest BCUT2D eigenvalue weighted by Crippen LogP contribution is -2.37. The van der Waals surface area contributed by atoms with Gasteiger partial charge in [0.2, 0.25) is 5.95 Å². The van der Waals surface area contributed by atoms with Crippen LogP contribution >= 0.6 is 11.3 Å². The Morgan fingerprint density at radius 1 is 1.03 bits per heavy atom. The van der Waals surface area contributed by atoms with E-state index in [9.17, 15) is 4.79 Å². The Hall–Kier alpha value is -3.04. The van der Waals surface area contributed by atoms with Gasteiger partial charge in [-0.2, -0.15) is 4.98 Å². The van der Waals surface area contributed by atoms with Gasteiger partial charge >= 0.3 is 0 Å². The SMILES string of the molecule is Cc1cc(Nc2ccc(NC(=O)c3sc(C)nc3C)cc2)nc(N2CCOCC2)n1. The molecule has 2 N–H and O–H groups in total. The molecular weight excluding hydrogens is 400 g/mol. The minimum Gasteiger partial charge on any atom is -0.378 e. The van der Waals surface area contributed by atoms with Gasteiger partial charge in [0.1, 0.15) is 10.7 Å². The summed E-state index contributed by atoms with van der Waals surface area (Å²) in [5, 5.41) is 7.13. The van der Waals surface area contributed by atoms with Crippen molar-refractivity contribution in [1.82, 2.24) is 15.0 Å². The van der Waals surface area contributed by atoms with E-state index in [0.29, 0.717) is 24.0 Å². The van der Waals surface area contributed by atoms with E-state index in [4.69, 9.17) is 4.74 Å². The molecule has 4 rings (SSSR count). The first-order valence-corrected chi connectivity index (χ1v) is 10.6. The van der Waals surface area contributed by atoms with Crippen molar-refractivity contribution < 1.29 is 9.53 Å². The van der Waals surface area contributed by atoms with Crippen molar-refractivity contribution in [2.24, 2.45) is 0 Å². The molecule has 1 aliphatic rings. The van der Waals surface area contributed by atoms with Crippen molar-refractivity contribution in [3.05, 3.63) is 51.6 Å². The van der Waals surface area contributed by atoms with Crippen molar-refractivity contribution >= 4 is 40.4 Å². The highest BCUT2D eigenvalue weighted by molar-refractivity contribution is 7.13. The summed E-state index contributed by atoms with van der Waals surface area (Å²) in [7, 11) is 0. The number of amides is 1. The van der Waals surface area contributed by atoms with Crippen molar-refractivity contribution in [2.45, 2.75) is 20.8 Å². The van der Waals surface area contributed by atoms with Crippen LogP contribution in [0.4, 0.5) is 23.1 Å². The quantitative estimate of drug-likeness (QED) is 0.645. The first-order chi connectivity index (χ1) is 14.5. The maximum Gasteiger partial charge on any atom is 0.267 e. The smallest absolute Gasteiger partial charge is 0.267 e. The summed E-state index contributed by atoms with van der Waals surface area (Å²) in [5.74, 6) is 1.30.